The summed E-state index contributed by atoms with van der Waals surface area (Å²) >= 11 is 0. The Morgan fingerprint density at radius 2 is 1.53 bits per heavy atom. The summed E-state index contributed by atoms with van der Waals surface area (Å²) < 4.78 is 0. The van der Waals surface area contributed by atoms with Crippen LogP contribution >= 0.6 is 0 Å². The van der Waals surface area contributed by atoms with Crippen LogP contribution in [0.2, 0.25) is 0 Å². The molecule has 0 fully saturated rings. The molecule has 4 aromatic rings. The van der Waals surface area contributed by atoms with Crippen molar-refractivity contribution in [1.29, 1.82) is 0 Å². The minimum absolute atomic E-state index is 0.191. The molecule has 0 saturated heterocycles. The van der Waals surface area contributed by atoms with Gasteiger partial charge in [0.2, 0.25) is 0 Å². The summed E-state index contributed by atoms with van der Waals surface area (Å²) in [4.78, 5) is 32.2. The summed E-state index contributed by atoms with van der Waals surface area (Å²) in [5.41, 5.74) is 4.12. The number of hydrogen-bond acceptors (Lipinski definition) is 4. The highest BCUT2D eigenvalue weighted by Gasteiger charge is 2.39. The van der Waals surface area contributed by atoms with Crippen molar-refractivity contribution in [3.05, 3.63) is 114 Å². The summed E-state index contributed by atoms with van der Waals surface area (Å²) in [6.45, 7) is 2.18. The minimum Gasteiger partial charge on any atom is -0.350 e. The first-order valence-electron chi connectivity index (χ1n) is 10.4. The van der Waals surface area contributed by atoms with Gasteiger partial charge in [0.15, 0.2) is 0 Å². The third-order valence-corrected chi connectivity index (χ3v) is 5.65. The fraction of sp³-hybridized carbons (Fsp3) is 0.0741. The summed E-state index contributed by atoms with van der Waals surface area (Å²) in [6, 6.07) is 25.1. The normalized spacial score (nSPS) is 13.8. The van der Waals surface area contributed by atoms with Gasteiger partial charge in [0.25, 0.3) is 11.8 Å². The van der Waals surface area contributed by atoms with Crippen molar-refractivity contribution < 1.29 is 9.59 Å². The lowest BCUT2D eigenvalue weighted by Gasteiger charge is -2.15. The number of benzene rings is 3. The van der Waals surface area contributed by atoms with Crippen molar-refractivity contribution in [2.75, 3.05) is 5.32 Å². The Balaban J connectivity index is 1.60. The van der Waals surface area contributed by atoms with Crippen LogP contribution in [-0.2, 0) is 16.1 Å². The first-order chi connectivity index (χ1) is 15.6. The monoisotopic (exact) mass is 419 g/mol. The van der Waals surface area contributed by atoms with Crippen LogP contribution in [0.1, 0.15) is 16.7 Å². The lowest BCUT2D eigenvalue weighted by atomic mass is 10.0. The molecule has 2 amide bonds. The van der Waals surface area contributed by atoms with Crippen molar-refractivity contribution in [1.82, 2.24) is 9.88 Å². The van der Waals surface area contributed by atoms with Gasteiger partial charge in [-0.05, 0) is 41.6 Å². The molecule has 2 heterocycles. The Morgan fingerprint density at radius 1 is 0.812 bits per heavy atom. The first-order valence-corrected chi connectivity index (χ1v) is 10.4. The van der Waals surface area contributed by atoms with E-state index >= 15 is 0 Å². The standard InChI is InChI=1S/C27H21N3O2/c1-18-9-11-21(12-10-18)24-25(29-23-8-4-6-20-5-2-3-7-22(20)23)27(32)30(26(24)31)17-19-13-15-28-16-14-19/h2-16,29H,17H2,1H3. The second-order valence-electron chi connectivity index (χ2n) is 7.82. The molecular formula is C27H21N3O2. The molecule has 1 aliphatic rings. The number of carbonyl (C=O) groups is 2. The molecule has 1 N–H and O–H groups in total. The van der Waals surface area contributed by atoms with Crippen LogP contribution in [0.3, 0.4) is 0 Å². The van der Waals surface area contributed by atoms with Crippen LogP contribution < -0.4 is 5.32 Å². The first kappa shape index (κ1) is 19.7. The SMILES string of the molecule is Cc1ccc(C2=C(Nc3cccc4ccccc34)C(=O)N(Cc3ccncc3)C2=O)cc1. The number of hydrogen-bond donors (Lipinski definition) is 1. The van der Waals surface area contributed by atoms with Crippen LogP contribution in [0.15, 0.2) is 97.0 Å². The number of imide groups is 1. The van der Waals surface area contributed by atoms with Crippen LogP contribution in [0, 0.1) is 6.92 Å². The zero-order valence-corrected chi connectivity index (χ0v) is 17.6. The molecule has 0 aliphatic carbocycles. The molecule has 3 aromatic carbocycles. The smallest absolute Gasteiger partial charge is 0.278 e. The van der Waals surface area contributed by atoms with Crippen LogP contribution in [-0.4, -0.2) is 21.7 Å². The predicted molar refractivity (Wildman–Crippen MR) is 125 cm³/mol. The Labute approximate surface area is 186 Å². The third kappa shape index (κ3) is 3.54. The van der Waals surface area contributed by atoms with Crippen molar-refractivity contribution in [3.8, 4) is 0 Å². The lowest BCUT2D eigenvalue weighted by molar-refractivity contribution is -0.137. The Hall–Kier alpha value is -4.25. The van der Waals surface area contributed by atoms with Gasteiger partial charge in [0, 0.05) is 23.5 Å². The number of aromatic nitrogens is 1. The number of nitrogens with zero attached hydrogens (tertiary/aromatic N) is 2. The molecule has 0 unspecified atom stereocenters. The summed E-state index contributed by atoms with van der Waals surface area (Å²) in [5, 5.41) is 5.34. The quantitative estimate of drug-likeness (QED) is 0.466. The van der Waals surface area contributed by atoms with Gasteiger partial charge >= 0.3 is 0 Å². The van der Waals surface area contributed by atoms with Gasteiger partial charge in [-0.2, -0.15) is 0 Å². The summed E-state index contributed by atoms with van der Waals surface area (Å²) in [5.74, 6) is -0.645. The van der Waals surface area contributed by atoms with E-state index in [0.29, 0.717) is 16.8 Å². The second kappa shape index (κ2) is 8.12. The van der Waals surface area contributed by atoms with E-state index in [9.17, 15) is 9.59 Å². The van der Waals surface area contributed by atoms with E-state index in [1.54, 1.807) is 12.4 Å². The number of nitrogens with one attached hydrogen (secondary N) is 1. The summed E-state index contributed by atoms with van der Waals surface area (Å²) in [6.07, 6.45) is 3.31. The predicted octanol–water partition coefficient (Wildman–Crippen LogP) is 4.94. The largest absolute Gasteiger partial charge is 0.350 e. The van der Waals surface area contributed by atoms with Gasteiger partial charge in [-0.15, -0.1) is 0 Å². The Bertz CT molecular complexity index is 1350. The molecule has 156 valence electrons. The molecule has 32 heavy (non-hydrogen) atoms. The van der Waals surface area contributed by atoms with Gasteiger partial charge < -0.3 is 5.32 Å². The van der Waals surface area contributed by atoms with Crippen LogP contribution in [0.25, 0.3) is 16.3 Å². The zero-order valence-electron chi connectivity index (χ0n) is 17.6. The van der Waals surface area contributed by atoms with Gasteiger partial charge in [0.05, 0.1) is 12.1 Å². The average Bonchev–Trinajstić information content (AvgIpc) is 3.05. The fourth-order valence-electron chi connectivity index (χ4n) is 3.96. The number of pyridine rings is 1. The minimum atomic E-state index is -0.338. The Kier molecular flexibility index (Phi) is 5.00. The number of fused-ring (bicyclic) bond motifs is 1. The third-order valence-electron chi connectivity index (χ3n) is 5.65. The van der Waals surface area contributed by atoms with Gasteiger partial charge in [0.1, 0.15) is 5.70 Å². The molecule has 0 atom stereocenters. The van der Waals surface area contributed by atoms with E-state index in [4.69, 9.17) is 0 Å². The molecule has 0 saturated carbocycles. The maximum atomic E-state index is 13.5. The molecule has 5 nitrogen and oxygen atoms in total. The molecular weight excluding hydrogens is 398 g/mol. The van der Waals surface area contributed by atoms with E-state index in [2.05, 4.69) is 10.3 Å². The van der Waals surface area contributed by atoms with E-state index in [-0.39, 0.29) is 18.4 Å². The molecule has 5 rings (SSSR count). The van der Waals surface area contributed by atoms with Crippen LogP contribution in [0.5, 0.6) is 0 Å². The van der Waals surface area contributed by atoms with Crippen molar-refractivity contribution in [2.24, 2.45) is 0 Å². The zero-order chi connectivity index (χ0) is 22.1. The molecule has 0 spiro atoms. The van der Waals surface area contributed by atoms with E-state index in [1.165, 1.54) is 4.90 Å². The van der Waals surface area contributed by atoms with Gasteiger partial charge in [-0.25, -0.2) is 0 Å². The van der Waals surface area contributed by atoms with Crippen molar-refractivity contribution in [2.45, 2.75) is 13.5 Å². The van der Waals surface area contributed by atoms with Crippen LogP contribution in [0.4, 0.5) is 5.69 Å². The van der Waals surface area contributed by atoms with E-state index < -0.39 is 0 Å². The summed E-state index contributed by atoms with van der Waals surface area (Å²) in [7, 11) is 0. The maximum Gasteiger partial charge on any atom is 0.278 e. The number of carbonyl (C=O) groups excluding carboxylic acids is 2. The molecule has 0 radical (unpaired) electrons. The number of anilines is 1. The number of aryl methyl sites for hydroxylation is 1. The fourth-order valence-corrected chi connectivity index (χ4v) is 3.96. The van der Waals surface area contributed by atoms with E-state index in [1.807, 2.05) is 85.8 Å². The highest BCUT2D eigenvalue weighted by molar-refractivity contribution is 6.36. The molecule has 1 aromatic heterocycles. The Morgan fingerprint density at radius 3 is 2.31 bits per heavy atom. The maximum absolute atomic E-state index is 13.5. The highest BCUT2D eigenvalue weighted by Crippen LogP contribution is 2.33. The molecule has 5 heteroatoms. The van der Waals surface area contributed by atoms with Crippen molar-refractivity contribution in [3.63, 3.8) is 0 Å². The highest BCUT2D eigenvalue weighted by atomic mass is 16.2. The average molecular weight is 419 g/mol. The second-order valence-corrected chi connectivity index (χ2v) is 7.82. The van der Waals surface area contributed by atoms with Crippen molar-refractivity contribution >= 4 is 33.8 Å². The number of amides is 2. The van der Waals surface area contributed by atoms with Gasteiger partial charge in [-0.1, -0.05) is 66.2 Å². The molecule has 0 bridgehead atoms. The molecule has 1 aliphatic heterocycles. The lowest BCUT2D eigenvalue weighted by Crippen LogP contribution is -2.32. The van der Waals surface area contributed by atoms with E-state index in [0.717, 1.165) is 27.6 Å². The number of rotatable bonds is 5. The topological polar surface area (TPSA) is 62.3 Å². The van der Waals surface area contributed by atoms with Gasteiger partial charge in [-0.3, -0.25) is 19.5 Å².